The Morgan fingerprint density at radius 2 is 1.86 bits per heavy atom. The van der Waals surface area contributed by atoms with E-state index >= 15 is 0 Å². The molecule has 1 aromatic carbocycles. The molecular formula is C12H10F2N2O5. The van der Waals surface area contributed by atoms with Crippen LogP contribution in [-0.4, -0.2) is 33.9 Å². The maximum Gasteiger partial charge on any atom is 0.335 e. The molecule has 0 radical (unpaired) electrons. The number of rotatable bonds is 4. The van der Waals surface area contributed by atoms with Crippen LogP contribution < -0.4 is 5.32 Å². The van der Waals surface area contributed by atoms with Gasteiger partial charge in [-0.05, 0) is 6.07 Å². The number of amides is 1. The van der Waals surface area contributed by atoms with Crippen molar-refractivity contribution in [2.24, 2.45) is 0 Å². The fraction of sp³-hybridized carbons (Fsp3) is 0.333. The van der Waals surface area contributed by atoms with Crippen molar-refractivity contribution in [3.05, 3.63) is 39.4 Å². The molecule has 7 nitrogen and oxygen atoms in total. The van der Waals surface area contributed by atoms with Crippen molar-refractivity contribution in [3.63, 3.8) is 0 Å². The first-order valence-corrected chi connectivity index (χ1v) is 5.89. The lowest BCUT2D eigenvalue weighted by Crippen LogP contribution is -2.50. The van der Waals surface area contributed by atoms with Crippen LogP contribution in [0.25, 0.3) is 0 Å². The molecular weight excluding hydrogens is 290 g/mol. The quantitative estimate of drug-likeness (QED) is 0.651. The van der Waals surface area contributed by atoms with Gasteiger partial charge in [-0.15, -0.1) is 0 Å². The smallest absolute Gasteiger partial charge is 0.335 e. The van der Waals surface area contributed by atoms with Crippen LogP contribution in [0.3, 0.4) is 0 Å². The highest BCUT2D eigenvalue weighted by atomic mass is 19.3. The van der Waals surface area contributed by atoms with Crippen molar-refractivity contribution >= 4 is 17.6 Å². The maximum absolute atomic E-state index is 12.7. The van der Waals surface area contributed by atoms with Crippen LogP contribution in [0.1, 0.15) is 33.6 Å². The largest absolute Gasteiger partial charge is 0.478 e. The number of nitro benzene ring substituents is 1. The number of nitro groups is 1. The lowest BCUT2D eigenvalue weighted by molar-refractivity contribution is -0.384. The number of hydrogen-bond donors (Lipinski definition) is 2. The standard InChI is InChI=1S/C12H10F2N2O5/c13-12(14)4-8(5-12)15-10(17)6-1-7(11(18)19)3-9(2-6)16(20)21/h1-3,8H,4-5H2,(H,15,17)(H,18,19). The molecule has 0 unspecified atom stereocenters. The van der Waals surface area contributed by atoms with Gasteiger partial charge in [-0.25, -0.2) is 13.6 Å². The minimum absolute atomic E-state index is 0.253. The summed E-state index contributed by atoms with van der Waals surface area (Å²) in [5, 5.41) is 21.8. The third-order valence-corrected chi connectivity index (χ3v) is 3.06. The number of non-ortho nitro benzene ring substituents is 1. The molecule has 0 bridgehead atoms. The number of hydrogen-bond acceptors (Lipinski definition) is 4. The van der Waals surface area contributed by atoms with Gasteiger partial charge >= 0.3 is 5.97 Å². The summed E-state index contributed by atoms with van der Waals surface area (Å²) >= 11 is 0. The maximum atomic E-state index is 12.7. The Hall–Kier alpha value is -2.58. The molecule has 1 aliphatic carbocycles. The van der Waals surface area contributed by atoms with Crippen LogP contribution in [0.5, 0.6) is 0 Å². The Morgan fingerprint density at radius 3 is 2.33 bits per heavy atom. The number of benzene rings is 1. The Bertz CT molecular complexity index is 592. The first-order chi connectivity index (χ1) is 9.68. The number of nitrogens with zero attached hydrogens (tertiary/aromatic N) is 1. The predicted molar refractivity (Wildman–Crippen MR) is 65.5 cm³/mol. The molecule has 0 spiro atoms. The van der Waals surface area contributed by atoms with E-state index in [9.17, 15) is 28.5 Å². The normalized spacial score (nSPS) is 16.9. The second-order valence-corrected chi connectivity index (χ2v) is 4.77. The number of nitrogens with one attached hydrogen (secondary N) is 1. The van der Waals surface area contributed by atoms with Gasteiger partial charge in [0.25, 0.3) is 17.5 Å². The molecule has 1 fully saturated rings. The highest BCUT2D eigenvalue weighted by Crippen LogP contribution is 2.37. The lowest BCUT2D eigenvalue weighted by Gasteiger charge is -2.35. The van der Waals surface area contributed by atoms with Crippen molar-refractivity contribution in [2.75, 3.05) is 0 Å². The Morgan fingerprint density at radius 1 is 1.29 bits per heavy atom. The second kappa shape index (κ2) is 5.08. The van der Waals surface area contributed by atoms with E-state index in [4.69, 9.17) is 5.11 Å². The molecule has 21 heavy (non-hydrogen) atoms. The Kier molecular flexibility index (Phi) is 3.58. The summed E-state index contributed by atoms with van der Waals surface area (Å²) in [6, 6.07) is 1.96. The summed E-state index contributed by atoms with van der Waals surface area (Å²) in [6.07, 6.45) is -1.00. The number of halogens is 2. The zero-order valence-corrected chi connectivity index (χ0v) is 10.5. The van der Waals surface area contributed by atoms with Crippen LogP contribution in [0.2, 0.25) is 0 Å². The van der Waals surface area contributed by atoms with Gasteiger partial charge in [0.15, 0.2) is 0 Å². The second-order valence-electron chi connectivity index (χ2n) is 4.77. The number of carbonyl (C=O) groups is 2. The number of carboxylic acid groups (broad SMARTS) is 1. The summed E-state index contributed by atoms with van der Waals surface area (Å²) in [6.45, 7) is 0. The number of aromatic carboxylic acids is 1. The van der Waals surface area contributed by atoms with Crippen LogP contribution >= 0.6 is 0 Å². The van der Waals surface area contributed by atoms with E-state index in [2.05, 4.69) is 5.32 Å². The summed E-state index contributed by atoms with van der Waals surface area (Å²) in [7, 11) is 0. The Balaban J connectivity index is 2.20. The summed E-state index contributed by atoms with van der Waals surface area (Å²) < 4.78 is 25.3. The van der Waals surface area contributed by atoms with Crippen molar-refractivity contribution < 1.29 is 28.4 Å². The van der Waals surface area contributed by atoms with Crippen molar-refractivity contribution in [2.45, 2.75) is 24.8 Å². The minimum atomic E-state index is -2.81. The van der Waals surface area contributed by atoms with Crippen molar-refractivity contribution in [3.8, 4) is 0 Å². The molecule has 112 valence electrons. The van der Waals surface area contributed by atoms with Gasteiger partial charge in [0.2, 0.25) is 0 Å². The first kappa shape index (κ1) is 14.8. The fourth-order valence-corrected chi connectivity index (χ4v) is 2.00. The highest BCUT2D eigenvalue weighted by Gasteiger charge is 2.46. The van der Waals surface area contributed by atoms with Crippen molar-refractivity contribution in [1.82, 2.24) is 5.32 Å². The molecule has 0 aromatic heterocycles. The zero-order valence-electron chi connectivity index (χ0n) is 10.5. The van der Waals surface area contributed by atoms with E-state index in [1.54, 1.807) is 0 Å². The third-order valence-electron chi connectivity index (χ3n) is 3.06. The van der Waals surface area contributed by atoms with Crippen LogP contribution in [0, 0.1) is 10.1 Å². The molecule has 1 saturated carbocycles. The van der Waals surface area contributed by atoms with E-state index in [0.29, 0.717) is 0 Å². The van der Waals surface area contributed by atoms with Gasteiger partial charge in [-0.3, -0.25) is 14.9 Å². The van der Waals surface area contributed by atoms with Gasteiger partial charge < -0.3 is 10.4 Å². The topological polar surface area (TPSA) is 110 Å². The number of carboxylic acids is 1. The summed E-state index contributed by atoms with van der Waals surface area (Å²) in [4.78, 5) is 32.6. The van der Waals surface area contributed by atoms with E-state index in [-0.39, 0.29) is 5.56 Å². The van der Waals surface area contributed by atoms with Gasteiger partial charge in [-0.1, -0.05) is 0 Å². The van der Waals surface area contributed by atoms with Crippen LogP contribution in [-0.2, 0) is 0 Å². The molecule has 0 heterocycles. The number of alkyl halides is 2. The monoisotopic (exact) mass is 300 g/mol. The number of carbonyl (C=O) groups excluding carboxylic acids is 1. The molecule has 1 aromatic rings. The van der Waals surface area contributed by atoms with Gasteiger partial charge in [-0.2, -0.15) is 0 Å². The molecule has 9 heteroatoms. The summed E-state index contributed by atoms with van der Waals surface area (Å²) in [5.41, 5.74) is -1.23. The molecule has 1 aliphatic rings. The minimum Gasteiger partial charge on any atom is -0.478 e. The van der Waals surface area contributed by atoms with Gasteiger partial charge in [0.05, 0.1) is 10.5 Å². The van der Waals surface area contributed by atoms with Gasteiger partial charge in [0.1, 0.15) is 0 Å². The SMILES string of the molecule is O=C(O)c1cc(C(=O)NC2CC(F)(F)C2)cc([N+](=O)[O-])c1. The average Bonchev–Trinajstić information content (AvgIpc) is 2.35. The average molecular weight is 300 g/mol. The van der Waals surface area contributed by atoms with Crippen LogP contribution in [0.15, 0.2) is 18.2 Å². The fourth-order valence-electron chi connectivity index (χ4n) is 2.00. The molecule has 2 N–H and O–H groups in total. The Labute approximate surface area is 116 Å². The van der Waals surface area contributed by atoms with E-state index in [1.165, 1.54) is 0 Å². The van der Waals surface area contributed by atoms with E-state index in [1.807, 2.05) is 0 Å². The third kappa shape index (κ3) is 3.30. The predicted octanol–water partition coefficient (Wildman–Crippen LogP) is 1.82. The molecule has 0 saturated heterocycles. The van der Waals surface area contributed by atoms with E-state index in [0.717, 1.165) is 18.2 Å². The molecule has 1 amide bonds. The molecule has 2 rings (SSSR count). The summed E-state index contributed by atoms with van der Waals surface area (Å²) in [5.74, 6) is -5.06. The molecule has 0 aliphatic heterocycles. The zero-order chi connectivity index (χ0) is 15.8. The molecule has 0 atom stereocenters. The first-order valence-electron chi connectivity index (χ1n) is 5.89. The van der Waals surface area contributed by atoms with E-state index < -0.39 is 52.9 Å². The van der Waals surface area contributed by atoms with Crippen molar-refractivity contribution in [1.29, 1.82) is 0 Å². The highest BCUT2D eigenvalue weighted by molar-refractivity contribution is 5.98. The lowest BCUT2D eigenvalue weighted by atomic mass is 9.88. The van der Waals surface area contributed by atoms with Gasteiger partial charge in [0, 0.05) is 36.6 Å². The van der Waals surface area contributed by atoms with Crippen LogP contribution in [0.4, 0.5) is 14.5 Å².